The van der Waals surface area contributed by atoms with Crippen molar-refractivity contribution in [2.24, 2.45) is 17.2 Å². The topological polar surface area (TPSA) is 241 Å². The minimum atomic E-state index is -1.33. The van der Waals surface area contributed by atoms with Crippen LogP contribution in [-0.4, -0.2) is 97.6 Å². The summed E-state index contributed by atoms with van der Waals surface area (Å²) in [7, 11) is 1.44. The quantitative estimate of drug-likeness (QED) is 0.102. The van der Waals surface area contributed by atoms with Crippen LogP contribution in [0.2, 0.25) is 0 Å². The van der Waals surface area contributed by atoms with Gasteiger partial charge in [0, 0.05) is 44.1 Å². The molecule has 0 aromatic heterocycles. The molecule has 4 bridgehead atoms. The lowest BCUT2D eigenvalue weighted by molar-refractivity contribution is -0.143. The van der Waals surface area contributed by atoms with E-state index in [1.54, 1.807) is 36.4 Å². The number of aliphatic carboxylic acids is 1. The second kappa shape index (κ2) is 21.7. The van der Waals surface area contributed by atoms with Gasteiger partial charge in [-0.2, -0.15) is 0 Å². The van der Waals surface area contributed by atoms with E-state index < -0.39 is 47.9 Å². The minimum absolute atomic E-state index is 0.0719. The van der Waals surface area contributed by atoms with Gasteiger partial charge in [0.2, 0.25) is 23.6 Å². The van der Waals surface area contributed by atoms with E-state index in [4.69, 9.17) is 26.7 Å². The molecular formula is C38H57N7O8. The van der Waals surface area contributed by atoms with Crippen molar-refractivity contribution in [1.82, 2.24) is 20.9 Å². The highest BCUT2D eigenvalue weighted by Crippen LogP contribution is 2.40. The highest BCUT2D eigenvalue weighted by atomic mass is 16.5. The number of nitrogens with two attached hydrogens (primary N) is 3. The number of fused-ring (bicyclic) bond motifs is 5. The predicted octanol–water partition coefficient (Wildman–Crippen LogP) is 1.74. The lowest BCUT2D eigenvalue weighted by Gasteiger charge is -2.32. The van der Waals surface area contributed by atoms with Gasteiger partial charge in [0.15, 0.2) is 0 Å². The monoisotopic (exact) mass is 739 g/mol. The average Bonchev–Trinajstić information content (AvgIpc) is 3.13. The molecule has 4 atom stereocenters. The number of carboxylic acids is 1. The Hall–Kier alpha value is -4.73. The molecule has 4 amide bonds. The first-order valence-electron chi connectivity index (χ1n) is 18.5. The lowest BCUT2D eigenvalue weighted by atomic mass is 9.93. The highest BCUT2D eigenvalue weighted by molar-refractivity contribution is 5.96. The molecule has 1 aliphatic rings. The molecule has 0 saturated heterocycles. The number of nitrogens with one attached hydrogen (secondary N) is 3. The first-order valence-corrected chi connectivity index (χ1v) is 18.5. The van der Waals surface area contributed by atoms with Crippen LogP contribution in [0.1, 0.15) is 82.4 Å². The normalized spacial score (nSPS) is 17.8. The molecule has 0 aliphatic carbocycles. The van der Waals surface area contributed by atoms with Crippen LogP contribution in [0, 0.1) is 0 Å². The number of ether oxygens (including phenoxy) is 2. The molecule has 2 aromatic carbocycles. The van der Waals surface area contributed by atoms with Crippen molar-refractivity contribution in [3.8, 4) is 22.6 Å². The number of hydrogen-bond acceptors (Lipinski definition) is 10. The summed E-state index contributed by atoms with van der Waals surface area (Å²) >= 11 is 0. The van der Waals surface area contributed by atoms with Crippen molar-refractivity contribution < 1.29 is 38.6 Å². The van der Waals surface area contributed by atoms with Crippen molar-refractivity contribution in [2.75, 3.05) is 39.9 Å². The number of benzene rings is 2. The van der Waals surface area contributed by atoms with Crippen LogP contribution in [-0.2, 0) is 30.4 Å². The Labute approximate surface area is 311 Å². The zero-order valence-corrected chi connectivity index (χ0v) is 31.2. The van der Waals surface area contributed by atoms with Gasteiger partial charge >= 0.3 is 5.97 Å². The van der Waals surface area contributed by atoms with Crippen molar-refractivity contribution in [2.45, 2.75) is 95.8 Å². The Morgan fingerprint density at radius 1 is 0.887 bits per heavy atom. The Bertz CT molecular complexity index is 1550. The molecule has 0 fully saturated rings. The van der Waals surface area contributed by atoms with Crippen LogP contribution in [0.15, 0.2) is 36.4 Å². The Morgan fingerprint density at radius 3 is 2.13 bits per heavy atom. The van der Waals surface area contributed by atoms with Gasteiger partial charge in [0.05, 0.1) is 0 Å². The number of amides is 4. The van der Waals surface area contributed by atoms with E-state index in [2.05, 4.69) is 22.9 Å². The highest BCUT2D eigenvalue weighted by Gasteiger charge is 2.36. The van der Waals surface area contributed by atoms with Gasteiger partial charge in [-0.1, -0.05) is 51.2 Å². The van der Waals surface area contributed by atoms with Gasteiger partial charge in [-0.25, -0.2) is 4.79 Å². The molecule has 53 heavy (non-hydrogen) atoms. The van der Waals surface area contributed by atoms with Gasteiger partial charge in [-0.15, -0.1) is 0 Å². The summed E-state index contributed by atoms with van der Waals surface area (Å²) in [6, 6.07) is 5.26. The fourth-order valence-corrected chi connectivity index (χ4v) is 6.20. The number of hydrogen-bond donors (Lipinski definition) is 7. The second-order valence-electron chi connectivity index (χ2n) is 13.3. The van der Waals surface area contributed by atoms with Crippen LogP contribution in [0.3, 0.4) is 0 Å². The standard InChI is InChI=1S/C38H57N7O8/c1-4-5-6-7-8-9-10-33(46)43-29(15-16-39)37(49)45(3)34-26-12-14-32(53-20-18-41)28(23-26)27-21-25(11-13-31(27)52-19-17-40)22-30(38(50)51)44-35(47)24(2)42-36(34)48/h11-14,21,23-24,29-30,34H,4-10,15-20,22,39-41H2,1-3H3,(H,42,48)(H,43,46)(H,44,47)(H,50,51). The van der Waals surface area contributed by atoms with Crippen molar-refractivity contribution >= 4 is 29.6 Å². The largest absolute Gasteiger partial charge is 0.492 e. The third-order valence-corrected chi connectivity index (χ3v) is 9.04. The molecule has 0 saturated carbocycles. The molecule has 3 rings (SSSR count). The van der Waals surface area contributed by atoms with E-state index in [9.17, 15) is 29.1 Å². The van der Waals surface area contributed by atoms with Crippen LogP contribution in [0.25, 0.3) is 11.1 Å². The molecule has 10 N–H and O–H groups in total. The Morgan fingerprint density at radius 2 is 1.51 bits per heavy atom. The molecule has 0 spiro atoms. The van der Waals surface area contributed by atoms with Crippen LogP contribution in [0.5, 0.6) is 11.5 Å². The number of carbonyl (C=O) groups excluding carboxylic acids is 4. The summed E-state index contributed by atoms with van der Waals surface area (Å²) in [4.78, 5) is 68.1. The van der Waals surface area contributed by atoms with E-state index >= 15 is 0 Å². The molecule has 0 radical (unpaired) electrons. The number of unbranched alkanes of at least 4 members (excludes halogenated alkanes) is 5. The zero-order chi connectivity index (χ0) is 38.9. The number of likely N-dealkylation sites (N-methyl/N-ethyl adjacent to an activating group) is 1. The molecular weight excluding hydrogens is 682 g/mol. The number of rotatable bonds is 19. The number of carboxylic acid groups (broad SMARTS) is 1. The van der Waals surface area contributed by atoms with Crippen molar-refractivity contribution in [3.63, 3.8) is 0 Å². The maximum absolute atomic E-state index is 14.2. The molecule has 1 aliphatic heterocycles. The molecule has 292 valence electrons. The SMILES string of the molecule is CCCCCCCCC(=O)NC(CCN)C(=O)N(C)C1C(=O)NC(C)C(=O)NC(C(=O)O)Cc2ccc(OCCN)c(c2)-c2cc1ccc2OCCN. The minimum Gasteiger partial charge on any atom is -0.492 e. The zero-order valence-electron chi connectivity index (χ0n) is 31.2. The van der Waals surface area contributed by atoms with Gasteiger partial charge in [-0.05, 0) is 61.7 Å². The predicted molar refractivity (Wildman–Crippen MR) is 201 cm³/mol. The number of carbonyl (C=O) groups is 5. The summed E-state index contributed by atoms with van der Waals surface area (Å²) in [6.45, 7) is 4.43. The van der Waals surface area contributed by atoms with Crippen molar-refractivity contribution in [3.05, 3.63) is 47.5 Å². The third kappa shape index (κ3) is 12.4. The molecule has 2 aromatic rings. The van der Waals surface area contributed by atoms with E-state index in [1.807, 2.05) is 0 Å². The van der Waals surface area contributed by atoms with Crippen LogP contribution in [0.4, 0.5) is 0 Å². The van der Waals surface area contributed by atoms with E-state index in [-0.39, 0.29) is 58.0 Å². The van der Waals surface area contributed by atoms with E-state index in [0.717, 1.165) is 32.1 Å². The summed E-state index contributed by atoms with van der Waals surface area (Å²) in [5, 5.41) is 18.0. The average molecular weight is 740 g/mol. The Kier molecular flexibility index (Phi) is 17.5. The molecule has 1 heterocycles. The summed E-state index contributed by atoms with van der Waals surface area (Å²) in [5.74, 6) is -2.76. The third-order valence-electron chi connectivity index (χ3n) is 9.04. The van der Waals surface area contributed by atoms with Gasteiger partial charge in [0.25, 0.3) is 0 Å². The van der Waals surface area contributed by atoms with Gasteiger partial charge < -0.3 is 52.6 Å². The summed E-state index contributed by atoms with van der Waals surface area (Å²) in [6.07, 6.45) is 6.29. The summed E-state index contributed by atoms with van der Waals surface area (Å²) in [5.41, 5.74) is 19.3. The van der Waals surface area contributed by atoms with Gasteiger partial charge in [0.1, 0.15) is 48.9 Å². The van der Waals surface area contributed by atoms with E-state index in [1.165, 1.54) is 18.9 Å². The molecule has 15 nitrogen and oxygen atoms in total. The van der Waals surface area contributed by atoms with Crippen LogP contribution < -0.4 is 42.6 Å². The fourth-order valence-electron chi connectivity index (χ4n) is 6.20. The van der Waals surface area contributed by atoms with Crippen LogP contribution >= 0.6 is 0 Å². The second-order valence-corrected chi connectivity index (χ2v) is 13.3. The summed E-state index contributed by atoms with van der Waals surface area (Å²) < 4.78 is 12.0. The fraction of sp³-hybridized carbons (Fsp3) is 0.553. The lowest BCUT2D eigenvalue weighted by Crippen LogP contribution is -2.55. The van der Waals surface area contributed by atoms with E-state index in [0.29, 0.717) is 40.2 Å². The molecule has 4 unspecified atom stereocenters. The maximum atomic E-state index is 14.2. The first-order chi connectivity index (χ1) is 25.4. The van der Waals surface area contributed by atoms with Crippen molar-refractivity contribution in [1.29, 1.82) is 0 Å². The van der Waals surface area contributed by atoms with Gasteiger partial charge in [-0.3, -0.25) is 19.2 Å². The maximum Gasteiger partial charge on any atom is 0.326 e. The number of nitrogens with zero attached hydrogens (tertiary/aromatic N) is 1. The Balaban J connectivity index is 2.13. The molecule has 15 heteroatoms. The smallest absolute Gasteiger partial charge is 0.326 e. The first kappa shape index (κ1) is 42.7.